The highest BCUT2D eigenvalue weighted by Gasteiger charge is 2.20. The highest BCUT2D eigenvalue weighted by molar-refractivity contribution is 5.82. The topological polar surface area (TPSA) is 54.3 Å². The molecule has 1 aromatic carbocycles. The van der Waals surface area contributed by atoms with Gasteiger partial charge in [-0.05, 0) is 25.3 Å². The van der Waals surface area contributed by atoms with Crippen molar-refractivity contribution in [3.63, 3.8) is 0 Å². The molecule has 2 heterocycles. The van der Waals surface area contributed by atoms with Gasteiger partial charge in [-0.1, -0.05) is 18.2 Å². The number of carbonyl (C=O) groups is 1. The summed E-state index contributed by atoms with van der Waals surface area (Å²) in [6.45, 7) is 1.46. The molecule has 0 radical (unpaired) electrons. The van der Waals surface area contributed by atoms with E-state index in [1.54, 1.807) is 6.26 Å². The number of carbonyl (C=O) groups excluding carboxylic acids is 1. The van der Waals surface area contributed by atoms with Gasteiger partial charge < -0.3 is 15.1 Å². The van der Waals surface area contributed by atoms with Gasteiger partial charge >= 0.3 is 0 Å². The van der Waals surface area contributed by atoms with Gasteiger partial charge in [-0.3, -0.25) is 4.79 Å². The number of rotatable bonds is 3. The molecule has 0 spiro atoms. The quantitative estimate of drug-likeness (QED) is 0.887. The third kappa shape index (κ3) is 2.63. The first-order valence-corrected chi connectivity index (χ1v) is 6.81. The van der Waals surface area contributed by atoms with E-state index in [-0.39, 0.29) is 11.9 Å². The number of para-hydroxylation sites is 1. The minimum atomic E-state index is -0.0869. The largest absolute Gasteiger partial charge is 0.464 e. The molecule has 0 saturated carbocycles. The van der Waals surface area contributed by atoms with Crippen LogP contribution in [0.4, 0.5) is 0 Å². The molecule has 0 bridgehead atoms. The maximum atomic E-state index is 11.8. The van der Waals surface area contributed by atoms with Crippen LogP contribution < -0.4 is 10.6 Å². The van der Waals surface area contributed by atoms with Crippen LogP contribution in [0, 0.1) is 0 Å². The Bertz CT molecular complexity index is 576. The van der Waals surface area contributed by atoms with Gasteiger partial charge in [0.25, 0.3) is 0 Å². The molecule has 1 amide bonds. The smallest absolute Gasteiger partial charge is 0.237 e. The summed E-state index contributed by atoms with van der Waals surface area (Å²) in [4.78, 5) is 11.8. The number of hydrogen-bond acceptors (Lipinski definition) is 3. The molecule has 19 heavy (non-hydrogen) atoms. The average molecular weight is 258 g/mol. The van der Waals surface area contributed by atoms with Gasteiger partial charge in [-0.2, -0.15) is 0 Å². The van der Waals surface area contributed by atoms with Crippen molar-refractivity contribution in [2.45, 2.75) is 31.8 Å². The zero-order valence-electron chi connectivity index (χ0n) is 10.8. The molecule has 0 aliphatic carbocycles. The standard InChI is InChI=1S/C15H18N2O2/c18-15-13(6-3-4-8-16-15)17-9-11-10-19-14-7-2-1-5-12(11)14/h1-2,5,7,10,13,17H,3-4,6,8-9H2,(H,16,18). The van der Waals surface area contributed by atoms with Crippen LogP contribution in [0.15, 0.2) is 34.9 Å². The molecule has 1 atom stereocenters. The Labute approximate surface area is 112 Å². The van der Waals surface area contributed by atoms with Gasteiger partial charge in [0.05, 0.1) is 12.3 Å². The molecule has 2 N–H and O–H groups in total. The van der Waals surface area contributed by atoms with Gasteiger partial charge in [-0.15, -0.1) is 0 Å². The van der Waals surface area contributed by atoms with Crippen molar-refractivity contribution in [3.05, 3.63) is 36.1 Å². The minimum absolute atomic E-state index is 0.0869. The molecule has 1 aliphatic heterocycles. The first-order valence-electron chi connectivity index (χ1n) is 6.81. The van der Waals surface area contributed by atoms with E-state index in [1.165, 1.54) is 0 Å². The summed E-state index contributed by atoms with van der Waals surface area (Å²) >= 11 is 0. The van der Waals surface area contributed by atoms with E-state index >= 15 is 0 Å². The maximum Gasteiger partial charge on any atom is 0.237 e. The van der Waals surface area contributed by atoms with Crippen molar-refractivity contribution in [1.29, 1.82) is 0 Å². The average Bonchev–Trinajstić information content (AvgIpc) is 2.73. The van der Waals surface area contributed by atoms with Crippen LogP contribution >= 0.6 is 0 Å². The van der Waals surface area contributed by atoms with Gasteiger partial charge in [0.1, 0.15) is 5.58 Å². The lowest BCUT2D eigenvalue weighted by molar-refractivity contribution is -0.122. The highest BCUT2D eigenvalue weighted by Crippen LogP contribution is 2.20. The fourth-order valence-corrected chi connectivity index (χ4v) is 2.54. The van der Waals surface area contributed by atoms with Gasteiger partial charge in [-0.25, -0.2) is 0 Å². The normalized spacial score (nSPS) is 20.2. The molecule has 1 aliphatic rings. The lowest BCUT2D eigenvalue weighted by Crippen LogP contribution is -2.42. The first-order chi connectivity index (χ1) is 9.34. The van der Waals surface area contributed by atoms with Crippen LogP contribution in [0.2, 0.25) is 0 Å². The molecule has 1 aromatic heterocycles. The van der Waals surface area contributed by atoms with E-state index in [2.05, 4.69) is 10.6 Å². The van der Waals surface area contributed by atoms with Crippen molar-refractivity contribution in [2.24, 2.45) is 0 Å². The minimum Gasteiger partial charge on any atom is -0.464 e. The van der Waals surface area contributed by atoms with Crippen LogP contribution in [0.1, 0.15) is 24.8 Å². The van der Waals surface area contributed by atoms with E-state index in [4.69, 9.17) is 4.42 Å². The van der Waals surface area contributed by atoms with E-state index in [9.17, 15) is 4.79 Å². The van der Waals surface area contributed by atoms with Gasteiger partial charge in [0.2, 0.25) is 5.91 Å². The highest BCUT2D eigenvalue weighted by atomic mass is 16.3. The van der Waals surface area contributed by atoms with Crippen molar-refractivity contribution in [2.75, 3.05) is 6.54 Å². The monoisotopic (exact) mass is 258 g/mol. The number of fused-ring (bicyclic) bond motifs is 1. The SMILES string of the molecule is O=C1NCCCCC1NCc1coc2ccccc12. The van der Waals surface area contributed by atoms with Crippen molar-refractivity contribution in [3.8, 4) is 0 Å². The Balaban J connectivity index is 1.70. The van der Waals surface area contributed by atoms with E-state index in [0.29, 0.717) is 6.54 Å². The zero-order valence-corrected chi connectivity index (χ0v) is 10.8. The molecule has 1 unspecified atom stereocenters. The second-order valence-corrected chi connectivity index (χ2v) is 4.98. The predicted molar refractivity (Wildman–Crippen MR) is 73.7 cm³/mol. The summed E-state index contributed by atoms with van der Waals surface area (Å²) in [5.41, 5.74) is 2.00. The van der Waals surface area contributed by atoms with E-state index < -0.39 is 0 Å². The third-order valence-electron chi connectivity index (χ3n) is 3.64. The second kappa shape index (κ2) is 5.45. The molecule has 100 valence electrons. The van der Waals surface area contributed by atoms with Crippen molar-refractivity contribution < 1.29 is 9.21 Å². The maximum absolute atomic E-state index is 11.8. The molecule has 4 heteroatoms. The molecule has 1 saturated heterocycles. The van der Waals surface area contributed by atoms with Gasteiger partial charge in [0.15, 0.2) is 0 Å². The molecule has 2 aromatic rings. The molecule has 4 nitrogen and oxygen atoms in total. The summed E-state index contributed by atoms with van der Waals surface area (Å²) in [7, 11) is 0. The Hall–Kier alpha value is -1.81. The Morgan fingerprint density at radius 1 is 1.32 bits per heavy atom. The summed E-state index contributed by atoms with van der Waals surface area (Å²) in [6, 6.07) is 7.87. The van der Waals surface area contributed by atoms with Crippen LogP contribution in [-0.4, -0.2) is 18.5 Å². The summed E-state index contributed by atoms with van der Waals surface area (Å²) in [5, 5.41) is 7.39. The lowest BCUT2D eigenvalue weighted by Gasteiger charge is -2.14. The van der Waals surface area contributed by atoms with E-state index in [1.807, 2.05) is 24.3 Å². The molecule has 1 fully saturated rings. The first kappa shape index (κ1) is 12.2. The van der Waals surface area contributed by atoms with Crippen molar-refractivity contribution >= 4 is 16.9 Å². The van der Waals surface area contributed by atoms with E-state index in [0.717, 1.165) is 42.3 Å². The Morgan fingerprint density at radius 2 is 2.21 bits per heavy atom. The fourth-order valence-electron chi connectivity index (χ4n) is 2.54. The second-order valence-electron chi connectivity index (χ2n) is 4.98. The molecule has 3 rings (SSSR count). The van der Waals surface area contributed by atoms with Gasteiger partial charge in [0, 0.05) is 24.0 Å². The van der Waals surface area contributed by atoms with Crippen LogP contribution in [0.5, 0.6) is 0 Å². The number of amides is 1. The van der Waals surface area contributed by atoms with Crippen LogP contribution in [0.25, 0.3) is 11.0 Å². The zero-order chi connectivity index (χ0) is 13.1. The number of nitrogens with one attached hydrogen (secondary N) is 2. The predicted octanol–water partition coefficient (Wildman–Crippen LogP) is 2.19. The van der Waals surface area contributed by atoms with Crippen LogP contribution in [-0.2, 0) is 11.3 Å². The summed E-state index contributed by atoms with van der Waals surface area (Å²) in [5.74, 6) is 0.116. The lowest BCUT2D eigenvalue weighted by atomic mass is 10.1. The number of hydrogen-bond donors (Lipinski definition) is 2. The Kier molecular flexibility index (Phi) is 3.51. The fraction of sp³-hybridized carbons (Fsp3) is 0.400. The third-order valence-corrected chi connectivity index (χ3v) is 3.64. The Morgan fingerprint density at radius 3 is 3.16 bits per heavy atom. The number of furan rings is 1. The summed E-state index contributed by atoms with van der Waals surface area (Å²) < 4.78 is 5.50. The van der Waals surface area contributed by atoms with Crippen molar-refractivity contribution in [1.82, 2.24) is 10.6 Å². The number of benzene rings is 1. The molecular weight excluding hydrogens is 240 g/mol. The van der Waals surface area contributed by atoms with Crippen LogP contribution in [0.3, 0.4) is 0 Å². The molecular formula is C15H18N2O2. The summed E-state index contributed by atoms with van der Waals surface area (Å²) in [6.07, 6.45) is 4.83.